The van der Waals surface area contributed by atoms with Gasteiger partial charge in [-0.3, -0.25) is 0 Å². The van der Waals surface area contributed by atoms with Crippen LogP contribution in [-0.2, 0) is 0 Å². The Morgan fingerprint density at radius 3 is 2.38 bits per heavy atom. The molecule has 0 radical (unpaired) electrons. The molecule has 7 heteroatoms. The lowest BCUT2D eigenvalue weighted by Crippen LogP contribution is -2.14. The Morgan fingerprint density at radius 1 is 1.31 bits per heavy atom. The number of rotatable bonds is 3. The van der Waals surface area contributed by atoms with Crippen molar-refractivity contribution in [1.29, 1.82) is 0 Å². The van der Waals surface area contributed by atoms with Crippen LogP contribution >= 0.6 is 35.6 Å². The molecule has 0 amide bonds. The van der Waals surface area contributed by atoms with Crippen LogP contribution < -0.4 is 5.73 Å². The van der Waals surface area contributed by atoms with E-state index in [0.717, 1.165) is 0 Å². The van der Waals surface area contributed by atoms with Gasteiger partial charge in [-0.1, -0.05) is 23.2 Å². The zero-order valence-electron chi connectivity index (χ0n) is 7.96. The zero-order chi connectivity index (χ0) is 11.6. The van der Waals surface area contributed by atoms with Crippen molar-refractivity contribution >= 4 is 35.6 Å². The Bertz CT molecular complexity index is 363. The largest absolute Gasteiger partial charge is 0.506 e. The summed E-state index contributed by atoms with van der Waals surface area (Å²) in [6.45, 7) is 0. The van der Waals surface area contributed by atoms with Crippen LogP contribution in [0.5, 0.6) is 5.75 Å². The lowest BCUT2D eigenvalue weighted by Gasteiger charge is -2.14. The molecule has 1 rings (SSSR count). The second kappa shape index (κ2) is 6.45. The van der Waals surface area contributed by atoms with Gasteiger partial charge in [0.2, 0.25) is 6.43 Å². The smallest absolute Gasteiger partial charge is 0.240 e. The van der Waals surface area contributed by atoms with Gasteiger partial charge in [0.05, 0.1) is 5.02 Å². The van der Waals surface area contributed by atoms with Crippen molar-refractivity contribution in [3.8, 4) is 5.75 Å². The van der Waals surface area contributed by atoms with Crippen LogP contribution in [0.1, 0.15) is 18.0 Å². The van der Waals surface area contributed by atoms with Gasteiger partial charge >= 0.3 is 0 Å². The van der Waals surface area contributed by atoms with E-state index in [0.29, 0.717) is 0 Å². The average Bonchev–Trinajstić information content (AvgIpc) is 2.09. The van der Waals surface area contributed by atoms with Crippen molar-refractivity contribution < 1.29 is 13.9 Å². The summed E-state index contributed by atoms with van der Waals surface area (Å²) in [6, 6.07) is 1.66. The van der Waals surface area contributed by atoms with Crippen LogP contribution in [-0.4, -0.2) is 11.5 Å². The normalized spacial score (nSPS) is 12.4. The molecule has 0 aliphatic carbocycles. The fourth-order valence-electron chi connectivity index (χ4n) is 1.19. The number of phenolic OH excluding ortho intramolecular Hbond substituents is 1. The van der Waals surface area contributed by atoms with Crippen molar-refractivity contribution in [2.45, 2.75) is 18.9 Å². The third-order valence-electron chi connectivity index (χ3n) is 1.89. The molecule has 0 saturated heterocycles. The minimum Gasteiger partial charge on any atom is -0.506 e. The molecule has 16 heavy (non-hydrogen) atoms. The molecule has 1 aromatic rings. The molecular formula is C9H10Cl3F2NO. The highest BCUT2D eigenvalue weighted by Crippen LogP contribution is 2.35. The van der Waals surface area contributed by atoms with E-state index in [1.54, 1.807) is 0 Å². The van der Waals surface area contributed by atoms with Crippen molar-refractivity contribution in [2.75, 3.05) is 0 Å². The van der Waals surface area contributed by atoms with E-state index in [1.165, 1.54) is 12.1 Å². The minimum absolute atomic E-state index is 0. The minimum atomic E-state index is -2.54. The van der Waals surface area contributed by atoms with Gasteiger partial charge in [0.25, 0.3) is 0 Å². The molecule has 1 atom stereocenters. The molecule has 0 fully saturated rings. The first-order valence-corrected chi connectivity index (χ1v) is 4.89. The summed E-state index contributed by atoms with van der Waals surface area (Å²) in [5, 5.41) is 9.74. The molecule has 0 aliphatic heterocycles. The van der Waals surface area contributed by atoms with Gasteiger partial charge in [-0.15, -0.1) is 12.4 Å². The number of halogens is 5. The highest BCUT2D eigenvalue weighted by Gasteiger charge is 2.18. The molecule has 0 bridgehead atoms. The van der Waals surface area contributed by atoms with Gasteiger partial charge in [-0.05, 0) is 12.1 Å². The van der Waals surface area contributed by atoms with Crippen LogP contribution in [0.25, 0.3) is 0 Å². The van der Waals surface area contributed by atoms with E-state index in [2.05, 4.69) is 0 Å². The summed E-state index contributed by atoms with van der Waals surface area (Å²) in [5.41, 5.74) is 5.61. The van der Waals surface area contributed by atoms with E-state index >= 15 is 0 Å². The van der Waals surface area contributed by atoms with E-state index in [1.807, 2.05) is 0 Å². The maximum absolute atomic E-state index is 12.1. The van der Waals surface area contributed by atoms with Crippen molar-refractivity contribution in [1.82, 2.24) is 0 Å². The van der Waals surface area contributed by atoms with Gasteiger partial charge in [0, 0.05) is 23.0 Å². The molecule has 3 N–H and O–H groups in total. The van der Waals surface area contributed by atoms with Crippen molar-refractivity contribution in [3.63, 3.8) is 0 Å². The van der Waals surface area contributed by atoms with Gasteiger partial charge in [0.15, 0.2) is 0 Å². The Balaban J connectivity index is 0.00000225. The van der Waals surface area contributed by atoms with E-state index in [4.69, 9.17) is 28.9 Å². The van der Waals surface area contributed by atoms with Crippen LogP contribution in [0.2, 0.25) is 10.0 Å². The van der Waals surface area contributed by atoms with Crippen LogP contribution in [0.3, 0.4) is 0 Å². The molecule has 92 valence electrons. The van der Waals surface area contributed by atoms with Crippen molar-refractivity contribution in [2.24, 2.45) is 5.73 Å². The first kappa shape index (κ1) is 15.7. The quantitative estimate of drug-likeness (QED) is 0.890. The first-order chi connectivity index (χ1) is 6.91. The maximum atomic E-state index is 12.1. The van der Waals surface area contributed by atoms with Gasteiger partial charge in [-0.25, -0.2) is 8.78 Å². The van der Waals surface area contributed by atoms with Crippen LogP contribution in [0.4, 0.5) is 8.78 Å². The standard InChI is InChI=1S/C9H9Cl2F2NO.ClH/c10-4-1-5(7(14)3-8(12)13)9(15)6(11)2-4;/h1-2,7-8,15H,3,14H2;1H/t7-;/m0./s1. The molecule has 2 nitrogen and oxygen atoms in total. The summed E-state index contributed by atoms with van der Waals surface area (Å²) >= 11 is 11.3. The topological polar surface area (TPSA) is 46.2 Å². The number of hydrogen-bond donors (Lipinski definition) is 2. The Morgan fingerprint density at radius 2 is 1.88 bits per heavy atom. The number of benzene rings is 1. The second-order valence-corrected chi connectivity index (χ2v) is 3.90. The van der Waals surface area contributed by atoms with Gasteiger partial charge in [0.1, 0.15) is 5.75 Å². The fraction of sp³-hybridized carbons (Fsp3) is 0.333. The number of phenols is 1. The lowest BCUT2D eigenvalue weighted by atomic mass is 10.0. The van der Waals surface area contributed by atoms with Crippen LogP contribution in [0, 0.1) is 0 Å². The number of hydrogen-bond acceptors (Lipinski definition) is 2. The lowest BCUT2D eigenvalue weighted by molar-refractivity contribution is 0.128. The van der Waals surface area contributed by atoms with E-state index in [9.17, 15) is 13.9 Å². The molecule has 1 aromatic carbocycles. The number of aromatic hydroxyl groups is 1. The predicted octanol–water partition coefficient (Wildman–Crippen LogP) is 3.78. The molecule has 0 unspecified atom stereocenters. The fourth-order valence-corrected chi connectivity index (χ4v) is 1.70. The monoisotopic (exact) mass is 291 g/mol. The summed E-state index contributed by atoms with van der Waals surface area (Å²) in [7, 11) is 0. The molecule has 0 aliphatic rings. The predicted molar refractivity (Wildman–Crippen MR) is 62.9 cm³/mol. The highest BCUT2D eigenvalue weighted by atomic mass is 35.5. The third-order valence-corrected chi connectivity index (χ3v) is 2.40. The molecular weight excluding hydrogens is 282 g/mol. The van der Waals surface area contributed by atoms with Gasteiger partial charge in [-0.2, -0.15) is 0 Å². The summed E-state index contributed by atoms with van der Waals surface area (Å²) < 4.78 is 24.2. The summed E-state index contributed by atoms with van der Waals surface area (Å²) in [6.07, 6.45) is -3.10. The molecule has 0 spiro atoms. The average molecular weight is 293 g/mol. The molecule has 0 heterocycles. The second-order valence-electron chi connectivity index (χ2n) is 3.06. The molecule has 0 aromatic heterocycles. The van der Waals surface area contributed by atoms with E-state index < -0.39 is 18.9 Å². The first-order valence-electron chi connectivity index (χ1n) is 4.13. The Hall–Kier alpha value is -0.290. The zero-order valence-corrected chi connectivity index (χ0v) is 10.3. The van der Waals surface area contributed by atoms with E-state index in [-0.39, 0.29) is 33.8 Å². The van der Waals surface area contributed by atoms with Crippen molar-refractivity contribution in [3.05, 3.63) is 27.7 Å². The van der Waals surface area contributed by atoms with Gasteiger partial charge < -0.3 is 10.8 Å². The molecule has 0 saturated carbocycles. The Kier molecular flexibility index (Phi) is 6.33. The highest BCUT2D eigenvalue weighted by molar-refractivity contribution is 6.35. The van der Waals surface area contributed by atoms with Crippen LogP contribution in [0.15, 0.2) is 12.1 Å². The third kappa shape index (κ3) is 3.94. The maximum Gasteiger partial charge on any atom is 0.240 e. The number of nitrogens with two attached hydrogens (primary N) is 1. The number of alkyl halides is 2. The SMILES string of the molecule is Cl.N[C@@H](CC(F)F)c1cc(Cl)cc(Cl)c1O. The summed E-state index contributed by atoms with van der Waals surface area (Å²) in [4.78, 5) is 0. The Labute approximate surface area is 108 Å². The summed E-state index contributed by atoms with van der Waals surface area (Å²) in [5.74, 6) is -0.297.